The number of sulfonamides is 1. The number of hydrogen-bond acceptors (Lipinski definition) is 7. The van der Waals surface area contributed by atoms with Crippen molar-refractivity contribution in [3.05, 3.63) is 29.8 Å². The molecule has 0 aromatic heterocycles. The maximum Gasteiger partial charge on any atom is 0.257 e. The number of carbonyl (C=O) groups is 1. The first-order valence-electron chi connectivity index (χ1n) is 10.8. The van der Waals surface area contributed by atoms with Gasteiger partial charge in [0.25, 0.3) is 5.91 Å². The molecule has 1 aromatic carbocycles. The average molecular weight is 491 g/mol. The molecule has 1 aliphatic heterocycles. The molecule has 1 heterocycles. The number of carbonyl (C=O) groups excluding carboxylic acids is 1. The number of halogens is 1. The van der Waals surface area contributed by atoms with Gasteiger partial charge in [-0.3, -0.25) is 4.79 Å². The fourth-order valence-electron chi connectivity index (χ4n) is 3.13. The number of piperidine rings is 1. The first-order chi connectivity index (χ1) is 14.9. The maximum absolute atomic E-state index is 12.1. The molecule has 8 nitrogen and oxygen atoms in total. The SMILES string of the molecule is CCCCCS(=O)(=O)NC(=O)/C=C/c1ccc(OCCOC)cc1OC1CCNCC1.Cl. The largest absolute Gasteiger partial charge is 0.491 e. The highest BCUT2D eigenvalue weighted by molar-refractivity contribution is 7.90. The molecule has 0 spiro atoms. The van der Waals surface area contributed by atoms with Gasteiger partial charge in [-0.25, -0.2) is 13.1 Å². The highest BCUT2D eigenvalue weighted by Crippen LogP contribution is 2.28. The second-order valence-electron chi connectivity index (χ2n) is 7.43. The first-order valence-corrected chi connectivity index (χ1v) is 12.4. The van der Waals surface area contributed by atoms with Gasteiger partial charge in [0, 0.05) is 24.8 Å². The summed E-state index contributed by atoms with van der Waals surface area (Å²) in [5, 5.41) is 3.30. The molecule has 1 saturated heterocycles. The van der Waals surface area contributed by atoms with Crippen LogP contribution in [-0.2, 0) is 19.6 Å². The van der Waals surface area contributed by atoms with Gasteiger partial charge in [0.1, 0.15) is 24.2 Å². The third-order valence-electron chi connectivity index (χ3n) is 4.81. The van der Waals surface area contributed by atoms with E-state index in [-0.39, 0.29) is 24.3 Å². The summed E-state index contributed by atoms with van der Waals surface area (Å²) in [4.78, 5) is 12.1. The van der Waals surface area contributed by atoms with Gasteiger partial charge >= 0.3 is 0 Å². The smallest absolute Gasteiger partial charge is 0.257 e. The van der Waals surface area contributed by atoms with Crippen molar-refractivity contribution >= 4 is 34.4 Å². The van der Waals surface area contributed by atoms with Crippen molar-refractivity contribution in [3.8, 4) is 11.5 Å². The normalized spacial score (nSPS) is 14.7. The lowest BCUT2D eigenvalue weighted by Gasteiger charge is -2.25. The van der Waals surface area contributed by atoms with Crippen LogP contribution in [0.5, 0.6) is 11.5 Å². The van der Waals surface area contributed by atoms with Crippen molar-refractivity contribution in [3.63, 3.8) is 0 Å². The van der Waals surface area contributed by atoms with Gasteiger partial charge in [-0.1, -0.05) is 19.8 Å². The van der Waals surface area contributed by atoms with E-state index in [1.54, 1.807) is 31.4 Å². The van der Waals surface area contributed by atoms with E-state index >= 15 is 0 Å². The lowest BCUT2D eigenvalue weighted by atomic mass is 10.1. The highest BCUT2D eigenvalue weighted by Gasteiger charge is 2.17. The Morgan fingerprint density at radius 3 is 2.66 bits per heavy atom. The fraction of sp³-hybridized carbons (Fsp3) is 0.591. The summed E-state index contributed by atoms with van der Waals surface area (Å²) in [6.45, 7) is 4.65. The lowest BCUT2D eigenvalue weighted by Crippen LogP contribution is -2.34. The van der Waals surface area contributed by atoms with E-state index in [0.717, 1.165) is 38.8 Å². The lowest BCUT2D eigenvalue weighted by molar-refractivity contribution is -0.114. The van der Waals surface area contributed by atoms with Gasteiger partial charge in [0.15, 0.2) is 0 Å². The molecule has 1 fully saturated rings. The van der Waals surface area contributed by atoms with Gasteiger partial charge in [-0.05, 0) is 50.6 Å². The Morgan fingerprint density at radius 1 is 1.22 bits per heavy atom. The number of ether oxygens (including phenoxy) is 3. The van der Waals surface area contributed by atoms with E-state index < -0.39 is 15.9 Å². The van der Waals surface area contributed by atoms with E-state index in [0.29, 0.717) is 36.7 Å². The standard InChI is InChI=1S/C22H34N2O6S.ClH/c1-3-4-5-16-31(26,27)24-22(25)9-7-18-6-8-20(29-15-14-28-2)17-21(18)30-19-10-12-23-13-11-19;/h6-9,17,19,23H,3-5,10-16H2,1-2H3,(H,24,25);1H/b9-7+;. The van der Waals surface area contributed by atoms with E-state index in [2.05, 4.69) is 10.0 Å². The van der Waals surface area contributed by atoms with Crippen LogP contribution in [0.3, 0.4) is 0 Å². The minimum Gasteiger partial charge on any atom is -0.491 e. The van der Waals surface area contributed by atoms with E-state index in [9.17, 15) is 13.2 Å². The predicted octanol–water partition coefficient (Wildman–Crippen LogP) is 2.91. The van der Waals surface area contributed by atoms with Crippen LogP contribution in [0.4, 0.5) is 0 Å². The summed E-state index contributed by atoms with van der Waals surface area (Å²) in [6, 6.07) is 5.36. The van der Waals surface area contributed by atoms with Crippen molar-refractivity contribution in [2.75, 3.05) is 39.2 Å². The van der Waals surface area contributed by atoms with Gasteiger partial charge in [-0.2, -0.15) is 0 Å². The summed E-state index contributed by atoms with van der Waals surface area (Å²) in [5.74, 6) is 0.500. The first kappa shape index (κ1) is 28.2. The molecule has 0 atom stereocenters. The third kappa shape index (κ3) is 10.7. The fourth-order valence-corrected chi connectivity index (χ4v) is 4.19. The monoisotopic (exact) mass is 490 g/mol. The van der Waals surface area contributed by atoms with Gasteiger partial charge in [0.05, 0.1) is 12.4 Å². The topological polar surface area (TPSA) is 103 Å². The molecule has 32 heavy (non-hydrogen) atoms. The Hall–Kier alpha value is -1.81. The van der Waals surface area contributed by atoms with Crippen LogP contribution in [0, 0.1) is 0 Å². The number of nitrogens with one attached hydrogen (secondary N) is 2. The molecule has 0 saturated carbocycles. The Balaban J connectivity index is 0.00000512. The predicted molar refractivity (Wildman–Crippen MR) is 128 cm³/mol. The van der Waals surface area contributed by atoms with Crippen LogP contribution in [0.2, 0.25) is 0 Å². The van der Waals surface area contributed by atoms with Crippen LogP contribution in [0.15, 0.2) is 24.3 Å². The number of amides is 1. The maximum atomic E-state index is 12.1. The number of hydrogen-bond donors (Lipinski definition) is 2. The minimum atomic E-state index is -3.63. The summed E-state index contributed by atoms with van der Waals surface area (Å²) in [7, 11) is -2.02. The number of rotatable bonds is 13. The number of benzene rings is 1. The Kier molecular flexibility index (Phi) is 13.3. The molecule has 10 heteroatoms. The molecule has 0 unspecified atom stereocenters. The zero-order chi connectivity index (χ0) is 22.5. The minimum absolute atomic E-state index is 0. The Labute approximate surface area is 197 Å². The van der Waals surface area contributed by atoms with Gasteiger partial charge < -0.3 is 19.5 Å². The molecule has 2 N–H and O–H groups in total. The molecule has 1 aromatic rings. The second-order valence-corrected chi connectivity index (χ2v) is 9.28. The molecule has 0 radical (unpaired) electrons. The molecule has 2 rings (SSSR count). The zero-order valence-corrected chi connectivity index (χ0v) is 20.4. The van der Waals surface area contributed by atoms with Crippen LogP contribution in [0.1, 0.15) is 44.6 Å². The van der Waals surface area contributed by atoms with Crippen LogP contribution in [0.25, 0.3) is 6.08 Å². The third-order valence-corrected chi connectivity index (χ3v) is 6.15. The van der Waals surface area contributed by atoms with Crippen LogP contribution in [-0.4, -0.2) is 59.6 Å². The van der Waals surface area contributed by atoms with Crippen molar-refractivity contribution in [1.29, 1.82) is 0 Å². The quantitative estimate of drug-likeness (QED) is 0.323. The number of unbranched alkanes of at least 4 members (excludes halogenated alkanes) is 2. The Morgan fingerprint density at radius 2 is 1.97 bits per heavy atom. The molecule has 1 aliphatic rings. The van der Waals surface area contributed by atoms with Crippen LogP contribution < -0.4 is 19.5 Å². The summed E-state index contributed by atoms with van der Waals surface area (Å²) in [5.41, 5.74) is 0.677. The summed E-state index contributed by atoms with van der Waals surface area (Å²) in [6.07, 6.45) is 6.86. The zero-order valence-electron chi connectivity index (χ0n) is 18.8. The molecular weight excluding hydrogens is 456 g/mol. The molecule has 0 bridgehead atoms. The molecule has 0 aliphatic carbocycles. The summed E-state index contributed by atoms with van der Waals surface area (Å²) >= 11 is 0. The van der Waals surface area contributed by atoms with Gasteiger partial charge in [0.2, 0.25) is 10.0 Å². The van der Waals surface area contributed by atoms with Crippen molar-refractivity contribution in [2.45, 2.75) is 45.1 Å². The molecular formula is C22H35ClN2O6S. The number of methoxy groups -OCH3 is 1. The van der Waals surface area contributed by atoms with E-state index in [4.69, 9.17) is 14.2 Å². The van der Waals surface area contributed by atoms with Crippen molar-refractivity contribution < 1.29 is 27.4 Å². The van der Waals surface area contributed by atoms with Crippen molar-refractivity contribution in [2.24, 2.45) is 0 Å². The molecule has 182 valence electrons. The second kappa shape index (κ2) is 15.1. The average Bonchev–Trinajstić information content (AvgIpc) is 2.74. The molecule has 1 amide bonds. The van der Waals surface area contributed by atoms with Crippen molar-refractivity contribution in [1.82, 2.24) is 10.0 Å². The van der Waals surface area contributed by atoms with Crippen LogP contribution >= 0.6 is 12.4 Å². The highest BCUT2D eigenvalue weighted by atomic mass is 35.5. The Bertz CT molecular complexity index is 826. The summed E-state index contributed by atoms with van der Waals surface area (Å²) < 4.78 is 43.0. The van der Waals surface area contributed by atoms with E-state index in [1.807, 2.05) is 6.92 Å². The van der Waals surface area contributed by atoms with Gasteiger partial charge in [-0.15, -0.1) is 12.4 Å². The van der Waals surface area contributed by atoms with E-state index in [1.165, 1.54) is 6.08 Å².